The van der Waals surface area contributed by atoms with Gasteiger partial charge < -0.3 is 0 Å². The third kappa shape index (κ3) is 3.90. The topological polar surface area (TPSA) is 36.9 Å². The van der Waals surface area contributed by atoms with Gasteiger partial charge in [0.25, 0.3) is 0 Å². The molecule has 0 spiro atoms. The van der Waals surface area contributed by atoms with E-state index in [0.717, 1.165) is 20.7 Å². The van der Waals surface area contributed by atoms with Crippen molar-refractivity contribution in [3.63, 3.8) is 0 Å². The molecule has 2 aromatic carbocycles. The third-order valence-corrected chi connectivity index (χ3v) is 11.3. The monoisotopic (exact) mass is 522 g/mol. The maximum atomic E-state index is 7.02. The Bertz CT molecular complexity index is 899. The van der Waals surface area contributed by atoms with Crippen molar-refractivity contribution in [3.05, 3.63) is 41.5 Å². The fraction of sp³-hybridized carbons (Fsp3) is 0.455. The van der Waals surface area contributed by atoms with Gasteiger partial charge in [0.15, 0.2) is 0 Å². The summed E-state index contributed by atoms with van der Waals surface area (Å²) in [4.78, 5) is 0. The van der Waals surface area contributed by atoms with Gasteiger partial charge in [0.2, 0.25) is 0 Å². The van der Waals surface area contributed by atoms with Crippen LogP contribution in [0.1, 0.15) is 52.7 Å². The van der Waals surface area contributed by atoms with Crippen molar-refractivity contribution < 1.29 is 15.7 Å². The van der Waals surface area contributed by atoms with Crippen molar-refractivity contribution >= 4 is 30.5 Å². The molecule has 1 aliphatic rings. The summed E-state index contributed by atoms with van der Waals surface area (Å²) >= 11 is -3.85. The van der Waals surface area contributed by atoms with E-state index in [1.54, 1.807) is 14.2 Å². The zero-order valence-corrected chi connectivity index (χ0v) is 20.9. The Balaban J connectivity index is 2.11. The van der Waals surface area contributed by atoms with E-state index in [1.807, 2.05) is 18.2 Å². The van der Waals surface area contributed by atoms with Crippen LogP contribution in [0.25, 0.3) is 0 Å². The van der Waals surface area contributed by atoms with E-state index >= 15 is 0 Å². The molecule has 28 heavy (non-hydrogen) atoms. The van der Waals surface area contributed by atoms with Gasteiger partial charge in [-0.15, -0.1) is 0 Å². The van der Waals surface area contributed by atoms with E-state index in [1.165, 1.54) is 5.56 Å². The Morgan fingerprint density at radius 3 is 2.00 bits per heavy atom. The third-order valence-electron chi connectivity index (χ3n) is 4.75. The van der Waals surface area contributed by atoms with Crippen LogP contribution in [0.3, 0.4) is 0 Å². The molecule has 0 amide bonds. The minimum absolute atomic E-state index is 0.00737. The zero-order chi connectivity index (χ0) is 20.9. The van der Waals surface area contributed by atoms with E-state index in [2.05, 4.69) is 53.7 Å². The molecule has 4 nitrogen and oxygen atoms in total. The molecule has 0 bridgehead atoms. The van der Waals surface area contributed by atoms with Crippen molar-refractivity contribution in [2.75, 3.05) is 14.2 Å². The number of halogens is 1. The van der Waals surface area contributed by atoms with Gasteiger partial charge in [0.05, 0.1) is 0 Å². The summed E-state index contributed by atoms with van der Waals surface area (Å²) in [6, 6.07) is 9.90. The maximum absolute atomic E-state index is 7.02. The average Bonchev–Trinajstić information content (AvgIpc) is 2.95. The molecular formula is C22H29ClO4Te. The number of fused-ring (bicyclic) bond motifs is 1. The van der Waals surface area contributed by atoms with Crippen LogP contribution < -0.4 is 19.3 Å². The van der Waals surface area contributed by atoms with Crippen LogP contribution in [0.5, 0.6) is 23.0 Å². The normalized spacial score (nSPS) is 21.2. The van der Waals surface area contributed by atoms with Crippen molar-refractivity contribution in [1.29, 1.82) is 0 Å². The van der Waals surface area contributed by atoms with Crippen LogP contribution in [0.15, 0.2) is 30.3 Å². The first kappa shape index (κ1) is 21.4. The molecule has 1 atom stereocenters. The molecule has 3 rings (SSSR count). The first-order chi connectivity index (χ1) is 12.9. The summed E-state index contributed by atoms with van der Waals surface area (Å²) in [5.41, 5.74) is 2.21. The van der Waals surface area contributed by atoms with Gasteiger partial charge in [-0.2, -0.15) is 0 Å². The van der Waals surface area contributed by atoms with Gasteiger partial charge in [-0.3, -0.25) is 0 Å². The van der Waals surface area contributed by atoms with Crippen LogP contribution in [-0.2, 0) is 10.8 Å². The Labute approximate surface area is 176 Å². The number of methoxy groups -OCH3 is 2. The Hall–Kier alpha value is -1.28. The van der Waals surface area contributed by atoms with Crippen molar-refractivity contribution in [1.82, 2.24) is 0 Å². The molecule has 0 N–H and O–H groups in total. The quantitative estimate of drug-likeness (QED) is 0.525. The van der Waals surface area contributed by atoms with Crippen LogP contribution in [0.4, 0.5) is 0 Å². The fourth-order valence-corrected chi connectivity index (χ4v) is 8.69. The molecule has 0 fully saturated rings. The molecule has 6 heteroatoms. The molecule has 0 saturated heterocycles. The molecular weight excluding hydrogens is 491 g/mol. The predicted molar refractivity (Wildman–Crippen MR) is 116 cm³/mol. The van der Waals surface area contributed by atoms with E-state index in [4.69, 9.17) is 24.6 Å². The second kappa shape index (κ2) is 7.20. The summed E-state index contributed by atoms with van der Waals surface area (Å²) in [7, 11) is 10.2. The number of hydrogen-bond donors (Lipinski definition) is 0. The van der Waals surface area contributed by atoms with Crippen molar-refractivity contribution in [2.45, 2.75) is 52.4 Å². The SMILES string of the molecule is COc1ccc([Te]2(Cl)Oc3cc(C(C)(C)C)cc(C(C)(C)C)c3O2)cc1OC. The second-order valence-corrected chi connectivity index (χ2v) is 16.5. The first-order valence-corrected chi connectivity index (χ1v) is 15.2. The van der Waals surface area contributed by atoms with Crippen molar-refractivity contribution in [3.8, 4) is 23.0 Å². The molecule has 2 aromatic rings. The molecule has 0 radical (unpaired) electrons. The number of benzene rings is 2. The molecule has 0 saturated carbocycles. The fourth-order valence-electron chi connectivity index (χ4n) is 3.04. The summed E-state index contributed by atoms with van der Waals surface area (Å²) < 4.78 is 24.4. The van der Waals surface area contributed by atoms with Crippen molar-refractivity contribution in [2.24, 2.45) is 0 Å². The molecule has 1 heterocycles. The van der Waals surface area contributed by atoms with Gasteiger partial charge in [-0.05, 0) is 0 Å². The molecule has 1 unspecified atom stereocenters. The molecule has 1 aliphatic heterocycles. The summed E-state index contributed by atoms with van der Waals surface area (Å²) in [5.74, 6) is 2.77. The van der Waals surface area contributed by atoms with Gasteiger partial charge >= 0.3 is 177 Å². The van der Waals surface area contributed by atoms with Crippen LogP contribution >= 0.6 is 8.96 Å². The van der Waals surface area contributed by atoms with E-state index < -0.39 is 17.9 Å². The van der Waals surface area contributed by atoms with E-state index in [9.17, 15) is 0 Å². The standard InChI is InChI=1S/C22H29ClO4Te/c1-21(2,3)14-11-16(22(4,5)6)20-19(12-14)26-28(23,27-20)15-9-10-17(24-7)18(13-15)25-8/h9-13H,1-8H3. The minimum atomic E-state index is -3.85. The number of hydrogen-bond acceptors (Lipinski definition) is 4. The van der Waals surface area contributed by atoms with Crippen LogP contribution in [0.2, 0.25) is 0 Å². The summed E-state index contributed by atoms with van der Waals surface area (Å²) in [6.45, 7) is 13.1. The van der Waals surface area contributed by atoms with E-state index in [-0.39, 0.29) is 10.8 Å². The Kier molecular flexibility index (Phi) is 5.51. The molecule has 0 aliphatic carbocycles. The summed E-state index contributed by atoms with van der Waals surface area (Å²) in [6.07, 6.45) is 0. The zero-order valence-electron chi connectivity index (χ0n) is 17.8. The Morgan fingerprint density at radius 2 is 1.46 bits per heavy atom. The number of ether oxygens (including phenoxy) is 2. The van der Waals surface area contributed by atoms with Crippen LogP contribution in [0, 0.1) is 0 Å². The predicted octanol–water partition coefficient (Wildman–Crippen LogP) is 5.15. The molecule has 0 aromatic heterocycles. The Morgan fingerprint density at radius 1 is 0.821 bits per heavy atom. The van der Waals surface area contributed by atoms with Gasteiger partial charge in [0.1, 0.15) is 0 Å². The van der Waals surface area contributed by atoms with Gasteiger partial charge in [-0.25, -0.2) is 0 Å². The summed E-state index contributed by atoms with van der Waals surface area (Å²) in [5, 5.41) is 0. The van der Waals surface area contributed by atoms with E-state index in [0.29, 0.717) is 11.5 Å². The average molecular weight is 521 g/mol. The van der Waals surface area contributed by atoms with Crippen LogP contribution in [-0.4, -0.2) is 32.1 Å². The van der Waals surface area contributed by atoms with Gasteiger partial charge in [-0.1, -0.05) is 0 Å². The number of rotatable bonds is 3. The van der Waals surface area contributed by atoms with Gasteiger partial charge in [0, 0.05) is 0 Å². The first-order valence-electron chi connectivity index (χ1n) is 9.22. The molecule has 154 valence electrons. The second-order valence-electron chi connectivity index (χ2n) is 8.97.